The number of piperazine rings is 1. The number of benzene rings is 1. The van der Waals surface area contributed by atoms with Crippen molar-refractivity contribution in [1.29, 1.82) is 5.26 Å². The van der Waals surface area contributed by atoms with E-state index in [2.05, 4.69) is 15.9 Å². The van der Waals surface area contributed by atoms with Gasteiger partial charge >= 0.3 is 5.97 Å². The van der Waals surface area contributed by atoms with Crippen molar-refractivity contribution in [2.75, 3.05) is 31.1 Å². The topological polar surface area (TPSA) is 149 Å². The van der Waals surface area contributed by atoms with Crippen LogP contribution < -0.4 is 10.6 Å². The molecule has 6 rings (SSSR count). The zero-order valence-corrected chi connectivity index (χ0v) is 20.7. The highest BCUT2D eigenvalue weighted by molar-refractivity contribution is 5.90. The van der Waals surface area contributed by atoms with E-state index in [-0.39, 0.29) is 30.0 Å². The predicted molar refractivity (Wildman–Crippen MR) is 135 cm³/mol. The lowest BCUT2D eigenvalue weighted by atomic mass is 9.48. The number of aliphatic imine (C=N–C) groups is 1. The quantitative estimate of drug-likeness (QED) is 0.254. The van der Waals surface area contributed by atoms with E-state index in [1.54, 1.807) is 12.1 Å². The lowest BCUT2D eigenvalue weighted by Crippen LogP contribution is -2.62. The number of amidine groups is 1. The molecule has 4 saturated carbocycles. The summed E-state index contributed by atoms with van der Waals surface area (Å²) in [5, 5.41) is 30.5. The molecule has 3 N–H and O–H groups in total. The van der Waals surface area contributed by atoms with Crippen molar-refractivity contribution in [3.05, 3.63) is 34.4 Å². The summed E-state index contributed by atoms with van der Waals surface area (Å²) in [6, 6.07) is 8.93. The van der Waals surface area contributed by atoms with Gasteiger partial charge in [0, 0.05) is 44.0 Å². The van der Waals surface area contributed by atoms with Crippen LogP contribution in [0.4, 0.5) is 11.4 Å². The van der Waals surface area contributed by atoms with E-state index in [1.807, 2.05) is 6.92 Å². The van der Waals surface area contributed by atoms with Crippen molar-refractivity contribution < 1.29 is 14.8 Å². The van der Waals surface area contributed by atoms with Gasteiger partial charge in [-0.25, -0.2) is 0 Å². The monoisotopic (exact) mass is 494 g/mol. The van der Waals surface area contributed by atoms with Crippen LogP contribution in [-0.4, -0.2) is 64.5 Å². The summed E-state index contributed by atoms with van der Waals surface area (Å²) in [4.78, 5) is 32.1. The maximum atomic E-state index is 12.1. The summed E-state index contributed by atoms with van der Waals surface area (Å²) in [5.41, 5.74) is 6.42. The van der Waals surface area contributed by atoms with Crippen LogP contribution in [0.3, 0.4) is 0 Å². The van der Waals surface area contributed by atoms with Crippen LogP contribution in [0.5, 0.6) is 0 Å². The molecule has 4 bridgehead atoms. The number of nitrogens with zero attached hydrogens (tertiary/aromatic N) is 5. The van der Waals surface area contributed by atoms with Crippen molar-refractivity contribution in [3.8, 4) is 6.07 Å². The lowest BCUT2D eigenvalue weighted by molar-refractivity contribution is -0.384. The van der Waals surface area contributed by atoms with E-state index in [0.29, 0.717) is 50.8 Å². The van der Waals surface area contributed by atoms with Gasteiger partial charge in [-0.05, 0) is 68.9 Å². The van der Waals surface area contributed by atoms with Gasteiger partial charge in [0.15, 0.2) is 0 Å². The number of carbonyl (C=O) groups is 1. The number of nitro groups is 1. The Morgan fingerprint density at radius 1 is 1.22 bits per heavy atom. The molecule has 1 aromatic rings. The summed E-state index contributed by atoms with van der Waals surface area (Å²) in [6.45, 7) is 4.79. The van der Waals surface area contributed by atoms with E-state index in [0.717, 1.165) is 24.9 Å². The second-order valence-corrected chi connectivity index (χ2v) is 11.4. The fourth-order valence-corrected chi connectivity index (χ4v) is 7.53. The molecular formula is C26H34N6O4. The number of nitriles is 1. The molecular weight excluding hydrogens is 460 g/mol. The van der Waals surface area contributed by atoms with Gasteiger partial charge in [0.25, 0.3) is 5.69 Å². The van der Waals surface area contributed by atoms with E-state index in [4.69, 9.17) is 10.7 Å². The minimum atomic E-state index is -0.699. The summed E-state index contributed by atoms with van der Waals surface area (Å²) in [5.74, 6) is 0.795. The van der Waals surface area contributed by atoms with Gasteiger partial charge in [-0.1, -0.05) is 0 Å². The second kappa shape index (κ2) is 9.04. The van der Waals surface area contributed by atoms with Crippen LogP contribution >= 0.6 is 0 Å². The Hall–Kier alpha value is -3.19. The van der Waals surface area contributed by atoms with Gasteiger partial charge in [-0.15, -0.1) is 0 Å². The standard InChI is InChI=1S/C26H34N6O4/c1-25(6-7-27,31-10-8-30(9-11-31)20-2-4-21(5-3-20)32(35)36)23(28)29-22-18-12-17-13-19(22)16-26(14-17,15-18)24(33)34/h2-5,17-19,22H,6,8-16H2,1H3,(H2,28,29)(H,33,34). The molecule has 10 heteroatoms. The number of non-ortho nitro benzene ring substituents is 1. The third-order valence-corrected chi connectivity index (χ3v) is 9.34. The Labute approximate surface area is 210 Å². The maximum Gasteiger partial charge on any atom is 0.309 e. The van der Waals surface area contributed by atoms with Gasteiger partial charge in [0.2, 0.25) is 0 Å². The zero-order valence-electron chi connectivity index (χ0n) is 20.7. The number of carboxylic acids is 1. The molecule has 36 heavy (non-hydrogen) atoms. The Kier molecular flexibility index (Phi) is 6.15. The molecule has 10 nitrogen and oxygen atoms in total. The van der Waals surface area contributed by atoms with E-state index in [1.165, 1.54) is 12.1 Å². The van der Waals surface area contributed by atoms with Crippen LogP contribution in [0.15, 0.2) is 29.3 Å². The van der Waals surface area contributed by atoms with Crippen molar-refractivity contribution in [1.82, 2.24) is 4.90 Å². The fraction of sp³-hybridized carbons (Fsp3) is 0.654. The van der Waals surface area contributed by atoms with Crippen LogP contribution in [0.1, 0.15) is 45.4 Å². The predicted octanol–water partition coefficient (Wildman–Crippen LogP) is 3.03. The lowest BCUT2D eigenvalue weighted by Gasteiger charge is -2.57. The van der Waals surface area contributed by atoms with Gasteiger partial charge in [-0.2, -0.15) is 5.26 Å². The zero-order chi connectivity index (χ0) is 25.7. The van der Waals surface area contributed by atoms with Crippen LogP contribution in [0, 0.1) is 44.6 Å². The van der Waals surface area contributed by atoms with E-state index < -0.39 is 21.8 Å². The molecule has 1 aliphatic heterocycles. The van der Waals surface area contributed by atoms with Gasteiger partial charge in [-0.3, -0.25) is 24.8 Å². The number of anilines is 1. The molecule has 5 aliphatic rings. The average Bonchev–Trinajstić information content (AvgIpc) is 2.86. The van der Waals surface area contributed by atoms with Crippen molar-refractivity contribution in [2.24, 2.45) is 33.9 Å². The highest BCUT2D eigenvalue weighted by Gasteiger charge is 2.59. The summed E-state index contributed by atoms with van der Waals surface area (Å²) < 4.78 is 0. The van der Waals surface area contributed by atoms with Crippen molar-refractivity contribution >= 4 is 23.2 Å². The Balaban J connectivity index is 1.30. The number of hydrogen-bond donors (Lipinski definition) is 2. The molecule has 0 radical (unpaired) electrons. The first-order chi connectivity index (χ1) is 17.1. The number of nitrogens with two attached hydrogens (primary N) is 1. The third-order valence-electron chi connectivity index (χ3n) is 9.34. The van der Waals surface area contributed by atoms with Gasteiger partial charge in [0.05, 0.1) is 34.4 Å². The Morgan fingerprint density at radius 2 is 1.83 bits per heavy atom. The summed E-state index contributed by atoms with van der Waals surface area (Å²) in [6.07, 6.45) is 4.43. The molecule has 192 valence electrons. The third kappa shape index (κ3) is 4.09. The molecule has 4 aliphatic carbocycles. The van der Waals surface area contributed by atoms with Crippen molar-refractivity contribution in [2.45, 2.75) is 57.0 Å². The molecule has 0 spiro atoms. The Bertz CT molecular complexity index is 1090. The molecule has 1 saturated heterocycles. The number of nitro benzene ring substituents is 1. The first-order valence-corrected chi connectivity index (χ1v) is 12.8. The van der Waals surface area contributed by atoms with Crippen LogP contribution in [0.25, 0.3) is 0 Å². The Morgan fingerprint density at radius 3 is 2.36 bits per heavy atom. The number of aliphatic carboxylic acids is 1. The highest BCUT2D eigenvalue weighted by Crippen LogP contribution is 2.61. The van der Waals surface area contributed by atoms with Gasteiger partial charge < -0.3 is 15.7 Å². The summed E-state index contributed by atoms with van der Waals surface area (Å²) >= 11 is 0. The molecule has 1 heterocycles. The van der Waals surface area contributed by atoms with E-state index >= 15 is 0 Å². The fourth-order valence-electron chi connectivity index (χ4n) is 7.53. The average molecular weight is 495 g/mol. The first-order valence-electron chi connectivity index (χ1n) is 12.8. The SMILES string of the molecule is CC(CC#N)(C(N)=NC1C2CC3CC1CC(C(=O)O)(C3)C2)N1CCN(c2ccc([N+](=O)[O-])cc2)CC1. The van der Waals surface area contributed by atoms with Crippen LogP contribution in [0.2, 0.25) is 0 Å². The van der Waals surface area contributed by atoms with Gasteiger partial charge in [0.1, 0.15) is 5.84 Å². The smallest absolute Gasteiger partial charge is 0.309 e. The van der Waals surface area contributed by atoms with E-state index in [9.17, 15) is 25.3 Å². The number of rotatable bonds is 7. The molecule has 3 atom stereocenters. The molecule has 0 aromatic heterocycles. The van der Waals surface area contributed by atoms with Crippen LogP contribution in [-0.2, 0) is 4.79 Å². The largest absolute Gasteiger partial charge is 0.481 e. The highest BCUT2D eigenvalue weighted by atomic mass is 16.6. The minimum absolute atomic E-state index is 0.0356. The number of carboxylic acid groups (broad SMARTS) is 1. The second-order valence-electron chi connectivity index (χ2n) is 11.4. The molecule has 3 unspecified atom stereocenters. The molecule has 5 fully saturated rings. The maximum absolute atomic E-state index is 12.1. The summed E-state index contributed by atoms with van der Waals surface area (Å²) in [7, 11) is 0. The normalized spacial score (nSPS) is 33.7. The molecule has 1 aromatic carbocycles. The molecule has 0 amide bonds. The first kappa shape index (κ1) is 24.5. The minimum Gasteiger partial charge on any atom is -0.481 e. The van der Waals surface area contributed by atoms with Crippen molar-refractivity contribution in [3.63, 3.8) is 0 Å². The number of hydrogen-bond acceptors (Lipinski definition) is 7.